The van der Waals surface area contributed by atoms with Crippen LogP contribution in [0.4, 0.5) is 0 Å². The molecule has 5 nitrogen and oxygen atoms in total. The van der Waals surface area contributed by atoms with E-state index in [-0.39, 0.29) is 6.23 Å². The van der Waals surface area contributed by atoms with Crippen molar-refractivity contribution in [1.29, 1.82) is 0 Å². The predicted octanol–water partition coefficient (Wildman–Crippen LogP) is 3.01. The summed E-state index contributed by atoms with van der Waals surface area (Å²) in [7, 11) is 0. The van der Waals surface area contributed by atoms with Gasteiger partial charge in [0.05, 0.1) is 6.20 Å². The highest BCUT2D eigenvalue weighted by Gasteiger charge is 2.17. The number of aromatic nitrogens is 2. The van der Waals surface area contributed by atoms with Crippen LogP contribution >= 0.6 is 11.3 Å². The average molecular weight is 278 g/mol. The Hall–Kier alpha value is -1.66. The van der Waals surface area contributed by atoms with Crippen molar-refractivity contribution in [2.75, 3.05) is 6.61 Å². The fourth-order valence-electron chi connectivity index (χ4n) is 2.16. The lowest BCUT2D eigenvalue weighted by Gasteiger charge is -2.22. The van der Waals surface area contributed by atoms with E-state index in [0.717, 1.165) is 36.3 Å². The molecule has 1 fully saturated rings. The molecule has 0 aromatic carbocycles. The third-order valence-electron chi connectivity index (χ3n) is 3.15. The van der Waals surface area contributed by atoms with Crippen molar-refractivity contribution in [3.63, 3.8) is 0 Å². The number of hydrogen-bond donors (Lipinski definition) is 1. The highest BCUT2D eigenvalue weighted by Crippen LogP contribution is 2.29. The van der Waals surface area contributed by atoms with Crippen molar-refractivity contribution in [3.8, 4) is 10.4 Å². The molecule has 1 unspecified atom stereocenters. The van der Waals surface area contributed by atoms with Crippen LogP contribution in [0.5, 0.6) is 0 Å². The topological polar surface area (TPSA) is 64.3 Å². The third kappa shape index (κ3) is 2.54. The molecular weight excluding hydrogens is 264 g/mol. The van der Waals surface area contributed by atoms with Crippen LogP contribution in [-0.4, -0.2) is 27.5 Å². The van der Waals surface area contributed by atoms with Gasteiger partial charge in [0.25, 0.3) is 0 Å². The summed E-state index contributed by atoms with van der Waals surface area (Å²) in [4.78, 5) is 12.1. The van der Waals surface area contributed by atoms with Gasteiger partial charge in [-0.3, -0.25) is 0 Å². The minimum Gasteiger partial charge on any atom is -0.477 e. The maximum atomic E-state index is 10.9. The van der Waals surface area contributed by atoms with Gasteiger partial charge in [-0.15, -0.1) is 11.3 Å². The van der Waals surface area contributed by atoms with E-state index in [1.165, 1.54) is 11.3 Å². The van der Waals surface area contributed by atoms with Crippen LogP contribution in [0.15, 0.2) is 24.5 Å². The molecule has 3 heterocycles. The molecule has 0 aliphatic carbocycles. The minimum absolute atomic E-state index is 0.0152. The van der Waals surface area contributed by atoms with Crippen LogP contribution in [-0.2, 0) is 4.74 Å². The van der Waals surface area contributed by atoms with Gasteiger partial charge in [-0.1, -0.05) is 0 Å². The number of rotatable bonds is 3. The SMILES string of the molecule is O=C(O)c1ccc(-c2cnn(C3CCCCO3)c2)s1. The molecule has 0 radical (unpaired) electrons. The zero-order valence-corrected chi connectivity index (χ0v) is 11.1. The lowest BCUT2D eigenvalue weighted by Crippen LogP contribution is -2.18. The molecule has 6 heteroatoms. The molecule has 2 aromatic rings. The van der Waals surface area contributed by atoms with Crippen molar-refractivity contribution < 1.29 is 14.6 Å². The summed E-state index contributed by atoms with van der Waals surface area (Å²) < 4.78 is 7.49. The maximum absolute atomic E-state index is 10.9. The second-order valence-corrected chi connectivity index (χ2v) is 5.58. The molecule has 2 aromatic heterocycles. The largest absolute Gasteiger partial charge is 0.477 e. The predicted molar refractivity (Wildman–Crippen MR) is 71.3 cm³/mol. The van der Waals surface area contributed by atoms with Crippen LogP contribution in [0.25, 0.3) is 10.4 Å². The number of thiophene rings is 1. The van der Waals surface area contributed by atoms with Gasteiger partial charge in [0.1, 0.15) is 11.1 Å². The normalized spacial score (nSPS) is 19.5. The van der Waals surface area contributed by atoms with Gasteiger partial charge >= 0.3 is 5.97 Å². The van der Waals surface area contributed by atoms with Crippen LogP contribution in [0.1, 0.15) is 35.2 Å². The molecular formula is C13H14N2O3S. The molecule has 1 atom stereocenters. The van der Waals surface area contributed by atoms with E-state index in [1.54, 1.807) is 12.3 Å². The number of carboxylic acids is 1. The van der Waals surface area contributed by atoms with Crippen LogP contribution in [0.3, 0.4) is 0 Å². The zero-order chi connectivity index (χ0) is 13.2. The Bertz CT molecular complexity index is 584. The Morgan fingerprint density at radius 3 is 3.05 bits per heavy atom. The molecule has 1 saturated heterocycles. The zero-order valence-electron chi connectivity index (χ0n) is 10.3. The van der Waals surface area contributed by atoms with E-state index in [4.69, 9.17) is 9.84 Å². The van der Waals surface area contributed by atoms with Gasteiger partial charge < -0.3 is 9.84 Å². The van der Waals surface area contributed by atoms with E-state index in [2.05, 4.69) is 5.10 Å². The molecule has 1 N–H and O–H groups in total. The smallest absolute Gasteiger partial charge is 0.345 e. The number of carbonyl (C=O) groups is 1. The summed E-state index contributed by atoms with van der Waals surface area (Å²) in [5.41, 5.74) is 0.937. The first-order chi connectivity index (χ1) is 9.24. The van der Waals surface area contributed by atoms with E-state index >= 15 is 0 Å². The molecule has 100 valence electrons. The van der Waals surface area contributed by atoms with Crippen LogP contribution in [0, 0.1) is 0 Å². The van der Waals surface area contributed by atoms with E-state index in [0.29, 0.717) is 4.88 Å². The summed E-state index contributed by atoms with van der Waals surface area (Å²) in [6, 6.07) is 3.44. The second kappa shape index (κ2) is 5.14. The first kappa shape index (κ1) is 12.4. The molecule has 0 spiro atoms. The molecule has 0 saturated carbocycles. The summed E-state index contributed by atoms with van der Waals surface area (Å²) in [6.45, 7) is 0.780. The number of hydrogen-bond acceptors (Lipinski definition) is 4. The van der Waals surface area contributed by atoms with Gasteiger partial charge in [0.2, 0.25) is 0 Å². The Morgan fingerprint density at radius 2 is 2.37 bits per heavy atom. The van der Waals surface area contributed by atoms with Crippen molar-refractivity contribution in [1.82, 2.24) is 9.78 Å². The first-order valence-corrected chi connectivity index (χ1v) is 7.05. The summed E-state index contributed by atoms with van der Waals surface area (Å²) in [5, 5.41) is 13.2. The number of carboxylic acid groups (broad SMARTS) is 1. The van der Waals surface area contributed by atoms with Gasteiger partial charge in [-0.2, -0.15) is 5.10 Å². The molecule has 1 aliphatic rings. The van der Waals surface area contributed by atoms with Gasteiger partial charge in [0, 0.05) is 23.2 Å². The Kier molecular flexibility index (Phi) is 3.35. The summed E-state index contributed by atoms with van der Waals surface area (Å²) in [5.74, 6) is -0.890. The minimum atomic E-state index is -0.890. The van der Waals surface area contributed by atoms with Crippen molar-refractivity contribution in [3.05, 3.63) is 29.4 Å². The molecule has 0 amide bonds. The van der Waals surface area contributed by atoms with E-state index in [9.17, 15) is 4.79 Å². The molecule has 3 rings (SSSR count). The van der Waals surface area contributed by atoms with Crippen molar-refractivity contribution in [2.45, 2.75) is 25.5 Å². The Labute approximate surface area is 114 Å². The van der Waals surface area contributed by atoms with Gasteiger partial charge in [-0.25, -0.2) is 9.48 Å². The first-order valence-electron chi connectivity index (χ1n) is 6.23. The monoisotopic (exact) mass is 278 g/mol. The lowest BCUT2D eigenvalue weighted by atomic mass is 10.2. The summed E-state index contributed by atoms with van der Waals surface area (Å²) in [6.07, 6.45) is 6.94. The van der Waals surface area contributed by atoms with Crippen molar-refractivity contribution in [2.24, 2.45) is 0 Å². The molecule has 0 bridgehead atoms. The number of nitrogens with zero attached hydrogens (tertiary/aromatic N) is 2. The molecule has 19 heavy (non-hydrogen) atoms. The fraction of sp³-hybridized carbons (Fsp3) is 0.385. The second-order valence-electron chi connectivity index (χ2n) is 4.50. The highest BCUT2D eigenvalue weighted by molar-refractivity contribution is 7.17. The van der Waals surface area contributed by atoms with Gasteiger partial charge in [-0.05, 0) is 31.4 Å². The average Bonchev–Trinajstić information content (AvgIpc) is 3.09. The quantitative estimate of drug-likeness (QED) is 0.937. The standard InChI is InChI=1S/C13H14N2O3S/c16-13(17)11-5-4-10(19-11)9-7-14-15(8-9)12-3-1-2-6-18-12/h4-5,7-8,12H,1-3,6H2,(H,16,17). The van der Waals surface area contributed by atoms with Crippen LogP contribution in [0.2, 0.25) is 0 Å². The number of aromatic carboxylic acids is 1. The number of ether oxygens (including phenoxy) is 1. The van der Waals surface area contributed by atoms with Crippen molar-refractivity contribution >= 4 is 17.3 Å². The van der Waals surface area contributed by atoms with E-state index in [1.807, 2.05) is 16.9 Å². The Morgan fingerprint density at radius 1 is 1.47 bits per heavy atom. The van der Waals surface area contributed by atoms with E-state index < -0.39 is 5.97 Å². The lowest BCUT2D eigenvalue weighted by molar-refractivity contribution is -0.0394. The van der Waals surface area contributed by atoms with Gasteiger partial charge in [0.15, 0.2) is 0 Å². The highest BCUT2D eigenvalue weighted by atomic mass is 32.1. The van der Waals surface area contributed by atoms with Crippen LogP contribution < -0.4 is 0 Å². The third-order valence-corrected chi connectivity index (χ3v) is 4.28. The summed E-state index contributed by atoms with van der Waals surface area (Å²) >= 11 is 1.26. The Balaban J connectivity index is 1.81. The molecule has 1 aliphatic heterocycles. The fourth-order valence-corrected chi connectivity index (χ4v) is 2.98. The maximum Gasteiger partial charge on any atom is 0.345 e.